The van der Waals surface area contributed by atoms with Gasteiger partial charge >= 0.3 is 0 Å². The molecule has 0 aromatic carbocycles. The van der Waals surface area contributed by atoms with Gasteiger partial charge in [0.1, 0.15) is 4.88 Å². The van der Waals surface area contributed by atoms with Crippen LogP contribution in [0.1, 0.15) is 47.5 Å². The Kier molecular flexibility index (Phi) is 3.87. The third kappa shape index (κ3) is 2.77. The molecule has 0 atom stereocenters. The van der Waals surface area contributed by atoms with Crippen LogP contribution in [0.2, 0.25) is 0 Å². The van der Waals surface area contributed by atoms with Crippen LogP contribution >= 0.6 is 11.3 Å². The zero-order chi connectivity index (χ0) is 13.9. The Hall–Kier alpha value is -1.62. The second-order valence-electron chi connectivity index (χ2n) is 5.31. The highest BCUT2D eigenvalue weighted by Gasteiger charge is 2.20. The van der Waals surface area contributed by atoms with Crippen molar-refractivity contribution in [2.45, 2.75) is 45.1 Å². The standard InChI is InChI=1S/C15H19N3OS/c1-11-13(14(19)17-12-7-3-2-4-8-12)20-15(16-11)18-9-5-6-10-18/h5-6,9-10,12H,2-4,7-8H2,1H3,(H,17,19). The number of hydrogen-bond donors (Lipinski definition) is 1. The summed E-state index contributed by atoms with van der Waals surface area (Å²) >= 11 is 1.45. The number of rotatable bonds is 3. The van der Waals surface area contributed by atoms with Crippen LogP contribution in [0, 0.1) is 6.92 Å². The van der Waals surface area contributed by atoms with E-state index < -0.39 is 0 Å². The molecule has 1 amide bonds. The molecule has 1 saturated carbocycles. The molecule has 0 unspecified atom stereocenters. The largest absolute Gasteiger partial charge is 0.349 e. The van der Waals surface area contributed by atoms with Gasteiger partial charge in [0.15, 0.2) is 5.13 Å². The number of nitrogens with one attached hydrogen (secondary N) is 1. The lowest BCUT2D eigenvalue weighted by molar-refractivity contribution is 0.0931. The first-order chi connectivity index (χ1) is 9.74. The number of carbonyl (C=O) groups is 1. The third-order valence-electron chi connectivity index (χ3n) is 3.76. The molecule has 0 aliphatic heterocycles. The van der Waals surface area contributed by atoms with Crippen molar-refractivity contribution >= 4 is 17.2 Å². The van der Waals surface area contributed by atoms with Crippen LogP contribution in [0.25, 0.3) is 5.13 Å². The molecule has 5 heteroatoms. The Morgan fingerprint density at radius 1 is 1.30 bits per heavy atom. The van der Waals surface area contributed by atoms with Gasteiger partial charge in [-0.3, -0.25) is 4.79 Å². The van der Waals surface area contributed by atoms with Crippen LogP contribution in [0.5, 0.6) is 0 Å². The molecule has 1 aliphatic rings. The van der Waals surface area contributed by atoms with Gasteiger partial charge in [-0.1, -0.05) is 30.6 Å². The van der Waals surface area contributed by atoms with E-state index in [4.69, 9.17) is 0 Å². The molecule has 0 spiro atoms. The Labute approximate surface area is 122 Å². The first kappa shape index (κ1) is 13.4. The van der Waals surface area contributed by atoms with Crippen molar-refractivity contribution in [3.05, 3.63) is 35.1 Å². The Morgan fingerprint density at radius 2 is 2.00 bits per heavy atom. The minimum absolute atomic E-state index is 0.0327. The molecule has 0 radical (unpaired) electrons. The molecule has 0 saturated heterocycles. The second-order valence-corrected chi connectivity index (χ2v) is 6.29. The fourth-order valence-corrected chi connectivity index (χ4v) is 3.60. The molecule has 4 nitrogen and oxygen atoms in total. The van der Waals surface area contributed by atoms with E-state index in [-0.39, 0.29) is 5.91 Å². The number of nitrogens with zero attached hydrogens (tertiary/aromatic N) is 2. The van der Waals surface area contributed by atoms with E-state index >= 15 is 0 Å². The molecule has 1 fully saturated rings. The fraction of sp³-hybridized carbons (Fsp3) is 0.467. The van der Waals surface area contributed by atoms with E-state index in [9.17, 15) is 4.79 Å². The highest BCUT2D eigenvalue weighted by molar-refractivity contribution is 7.16. The lowest BCUT2D eigenvalue weighted by Gasteiger charge is -2.22. The van der Waals surface area contributed by atoms with Crippen molar-refractivity contribution in [2.24, 2.45) is 0 Å². The van der Waals surface area contributed by atoms with Gasteiger partial charge in [-0.05, 0) is 31.9 Å². The quantitative estimate of drug-likeness (QED) is 0.942. The second kappa shape index (κ2) is 5.79. The minimum Gasteiger partial charge on any atom is -0.349 e. The first-order valence-electron chi connectivity index (χ1n) is 7.15. The zero-order valence-corrected chi connectivity index (χ0v) is 12.4. The van der Waals surface area contributed by atoms with Gasteiger partial charge in [0.2, 0.25) is 0 Å². The summed E-state index contributed by atoms with van der Waals surface area (Å²) < 4.78 is 1.94. The summed E-state index contributed by atoms with van der Waals surface area (Å²) in [4.78, 5) is 17.6. The van der Waals surface area contributed by atoms with Crippen LogP contribution in [0.4, 0.5) is 0 Å². The Balaban J connectivity index is 1.74. The minimum atomic E-state index is 0.0327. The molecule has 2 aromatic heterocycles. The average molecular weight is 289 g/mol. The predicted molar refractivity (Wildman–Crippen MR) is 80.5 cm³/mol. The molecular formula is C15H19N3OS. The highest BCUT2D eigenvalue weighted by Crippen LogP contribution is 2.23. The molecular weight excluding hydrogens is 270 g/mol. The molecule has 3 rings (SSSR count). The summed E-state index contributed by atoms with van der Waals surface area (Å²) in [6.45, 7) is 1.90. The van der Waals surface area contributed by atoms with Gasteiger partial charge in [-0.25, -0.2) is 4.98 Å². The maximum atomic E-state index is 12.4. The van der Waals surface area contributed by atoms with Gasteiger partial charge in [0.05, 0.1) is 5.69 Å². The summed E-state index contributed by atoms with van der Waals surface area (Å²) in [6.07, 6.45) is 9.84. The monoisotopic (exact) mass is 289 g/mol. The number of aromatic nitrogens is 2. The van der Waals surface area contributed by atoms with Gasteiger partial charge < -0.3 is 9.88 Å². The number of carbonyl (C=O) groups excluding carboxylic acids is 1. The van der Waals surface area contributed by atoms with E-state index in [1.54, 1.807) is 0 Å². The summed E-state index contributed by atoms with van der Waals surface area (Å²) in [7, 11) is 0. The van der Waals surface area contributed by atoms with Crippen molar-refractivity contribution in [1.82, 2.24) is 14.9 Å². The summed E-state index contributed by atoms with van der Waals surface area (Å²) in [5, 5.41) is 4.01. The molecule has 1 N–H and O–H groups in total. The van der Waals surface area contributed by atoms with Crippen molar-refractivity contribution in [3.8, 4) is 5.13 Å². The van der Waals surface area contributed by atoms with Crippen molar-refractivity contribution < 1.29 is 4.79 Å². The topological polar surface area (TPSA) is 46.9 Å². The Morgan fingerprint density at radius 3 is 2.70 bits per heavy atom. The van der Waals surface area contributed by atoms with E-state index in [1.165, 1.54) is 30.6 Å². The van der Waals surface area contributed by atoms with Crippen LogP contribution in [-0.4, -0.2) is 21.5 Å². The summed E-state index contributed by atoms with van der Waals surface area (Å²) in [6, 6.07) is 4.25. The molecule has 0 bridgehead atoms. The number of thiazole rings is 1. The van der Waals surface area contributed by atoms with Gasteiger partial charge in [0.25, 0.3) is 5.91 Å². The van der Waals surface area contributed by atoms with Crippen molar-refractivity contribution in [2.75, 3.05) is 0 Å². The Bertz CT molecular complexity index is 582. The molecule has 20 heavy (non-hydrogen) atoms. The maximum absolute atomic E-state index is 12.4. The first-order valence-corrected chi connectivity index (χ1v) is 7.97. The lowest BCUT2D eigenvalue weighted by atomic mass is 9.95. The predicted octanol–water partition coefficient (Wildman–Crippen LogP) is 3.30. The van der Waals surface area contributed by atoms with Gasteiger partial charge in [-0.15, -0.1) is 0 Å². The number of aryl methyl sites for hydroxylation is 1. The highest BCUT2D eigenvalue weighted by atomic mass is 32.1. The SMILES string of the molecule is Cc1nc(-n2cccc2)sc1C(=O)NC1CCCCC1. The molecule has 2 heterocycles. The normalized spacial score (nSPS) is 16.2. The van der Waals surface area contributed by atoms with Gasteiger partial charge in [-0.2, -0.15) is 0 Å². The van der Waals surface area contributed by atoms with E-state index in [0.717, 1.165) is 28.5 Å². The van der Waals surface area contributed by atoms with Crippen LogP contribution in [-0.2, 0) is 0 Å². The lowest BCUT2D eigenvalue weighted by Crippen LogP contribution is -2.36. The third-order valence-corrected chi connectivity index (χ3v) is 4.93. The van der Waals surface area contributed by atoms with E-state index in [0.29, 0.717) is 6.04 Å². The smallest absolute Gasteiger partial charge is 0.263 e. The average Bonchev–Trinajstić information content (AvgIpc) is 3.08. The van der Waals surface area contributed by atoms with Crippen LogP contribution in [0.15, 0.2) is 24.5 Å². The summed E-state index contributed by atoms with van der Waals surface area (Å²) in [5.74, 6) is 0.0327. The van der Waals surface area contributed by atoms with Crippen LogP contribution < -0.4 is 5.32 Å². The molecule has 106 valence electrons. The van der Waals surface area contributed by atoms with Gasteiger partial charge in [0, 0.05) is 18.4 Å². The van der Waals surface area contributed by atoms with Crippen LogP contribution in [0.3, 0.4) is 0 Å². The molecule has 2 aromatic rings. The van der Waals surface area contributed by atoms with E-state index in [2.05, 4.69) is 10.3 Å². The number of hydrogen-bond acceptors (Lipinski definition) is 3. The van der Waals surface area contributed by atoms with E-state index in [1.807, 2.05) is 36.0 Å². The van der Waals surface area contributed by atoms with Crippen molar-refractivity contribution in [1.29, 1.82) is 0 Å². The molecule has 1 aliphatic carbocycles. The number of amides is 1. The van der Waals surface area contributed by atoms with Crippen molar-refractivity contribution in [3.63, 3.8) is 0 Å². The zero-order valence-electron chi connectivity index (χ0n) is 11.6. The summed E-state index contributed by atoms with van der Waals surface area (Å²) in [5.41, 5.74) is 0.812. The fourth-order valence-electron chi connectivity index (χ4n) is 2.66. The maximum Gasteiger partial charge on any atom is 0.263 e.